The number of ether oxygens (including phenoxy) is 2. The highest BCUT2D eigenvalue weighted by Gasteiger charge is 2.29. The summed E-state index contributed by atoms with van der Waals surface area (Å²) in [5, 5.41) is 5.77. The molecule has 3 aliphatic heterocycles. The van der Waals surface area contributed by atoms with Gasteiger partial charge in [-0.3, -0.25) is 19.2 Å². The van der Waals surface area contributed by atoms with Crippen molar-refractivity contribution in [3.8, 4) is 0 Å². The molecule has 13 heteroatoms. The van der Waals surface area contributed by atoms with E-state index in [-0.39, 0.29) is 53.7 Å². The van der Waals surface area contributed by atoms with Gasteiger partial charge in [-0.15, -0.1) is 0 Å². The number of carbonyl (C=O) groups is 4. The lowest BCUT2D eigenvalue weighted by atomic mass is 9.98. The number of aliphatic imine (C=N–C) groups is 1. The summed E-state index contributed by atoms with van der Waals surface area (Å²) in [6, 6.07) is 6.63. The lowest BCUT2D eigenvalue weighted by Crippen LogP contribution is -2.18. The van der Waals surface area contributed by atoms with E-state index in [1.165, 1.54) is 14.2 Å². The van der Waals surface area contributed by atoms with Crippen LogP contribution < -0.4 is 10.6 Å². The van der Waals surface area contributed by atoms with Crippen LogP contribution in [0.1, 0.15) is 74.5 Å². The maximum Gasteiger partial charge on any atom is 0.305 e. The van der Waals surface area contributed by atoms with Gasteiger partial charge in [-0.25, -0.2) is 13.4 Å². The van der Waals surface area contributed by atoms with E-state index in [1.807, 2.05) is 26.8 Å². The first-order chi connectivity index (χ1) is 26.1. The van der Waals surface area contributed by atoms with Gasteiger partial charge in [0.1, 0.15) is 0 Å². The number of allylic oxidation sites excluding steroid dienone is 5. The molecule has 0 saturated carbocycles. The van der Waals surface area contributed by atoms with Crippen LogP contribution in [0.15, 0.2) is 103 Å². The fraction of sp³-hybridized carbons (Fsp3) is 0.310. The Bertz CT molecular complexity index is 2330. The van der Waals surface area contributed by atoms with Crippen LogP contribution in [0.3, 0.4) is 0 Å². The quantitative estimate of drug-likeness (QED) is 0.197. The zero-order valence-electron chi connectivity index (χ0n) is 32.2. The van der Waals surface area contributed by atoms with E-state index in [1.54, 1.807) is 56.3 Å². The fourth-order valence-corrected chi connectivity index (χ4v) is 7.96. The highest BCUT2D eigenvalue weighted by atomic mass is 32.2. The molecule has 0 fully saturated rings. The number of aromatic nitrogens is 1. The molecule has 2 aromatic rings. The predicted octanol–water partition coefficient (Wildman–Crippen LogP) is 5.97. The summed E-state index contributed by atoms with van der Waals surface area (Å²) in [6.07, 6.45) is 8.01. The van der Waals surface area contributed by atoms with Crippen molar-refractivity contribution in [3.63, 3.8) is 0 Å². The lowest BCUT2D eigenvalue weighted by molar-refractivity contribution is -0.141. The molecule has 0 spiro atoms. The second-order valence-corrected chi connectivity index (χ2v) is 15.7. The van der Waals surface area contributed by atoms with Crippen molar-refractivity contribution in [2.24, 2.45) is 4.99 Å². The van der Waals surface area contributed by atoms with Crippen molar-refractivity contribution < 1.29 is 37.1 Å². The monoisotopic (exact) mass is 766 g/mol. The second-order valence-electron chi connectivity index (χ2n) is 13.6. The highest BCUT2D eigenvalue weighted by Crippen LogP contribution is 2.35. The molecule has 3 N–H and O–H groups in total. The Balaban J connectivity index is 1.54. The number of methoxy groups -OCH3 is 2. The molecule has 0 radical (unpaired) electrons. The molecule has 0 unspecified atom stereocenters. The van der Waals surface area contributed by atoms with Gasteiger partial charge in [-0.2, -0.15) is 0 Å². The van der Waals surface area contributed by atoms with Crippen molar-refractivity contribution in [2.45, 2.75) is 71.6 Å². The number of hydrogen-bond donors (Lipinski definition) is 3. The molecule has 0 bridgehead atoms. The average Bonchev–Trinajstić information content (AvgIpc) is 3.80. The number of nitrogens with zero attached hydrogens (tertiary/aromatic N) is 1. The molecule has 0 atom stereocenters. The predicted molar refractivity (Wildman–Crippen MR) is 211 cm³/mol. The Morgan fingerprint density at radius 3 is 2.04 bits per heavy atom. The average molecular weight is 767 g/mol. The molecule has 288 valence electrons. The zero-order chi connectivity index (χ0) is 40.2. The Morgan fingerprint density at radius 1 is 0.764 bits per heavy atom. The summed E-state index contributed by atoms with van der Waals surface area (Å²) < 4.78 is 36.0. The van der Waals surface area contributed by atoms with E-state index in [0.717, 1.165) is 27.8 Å². The van der Waals surface area contributed by atoms with Gasteiger partial charge in [0.15, 0.2) is 9.84 Å². The summed E-state index contributed by atoms with van der Waals surface area (Å²) >= 11 is 0. The van der Waals surface area contributed by atoms with E-state index >= 15 is 0 Å². The molecule has 12 nitrogen and oxygen atoms in total. The number of carbonyl (C=O) groups excluding carboxylic acids is 4. The number of aromatic amines is 1. The van der Waals surface area contributed by atoms with Crippen molar-refractivity contribution in [3.05, 3.63) is 122 Å². The van der Waals surface area contributed by atoms with Crippen LogP contribution >= 0.6 is 0 Å². The number of hydrogen-bond acceptors (Lipinski definition) is 9. The standard InChI is InChI=1S/C42H46N4O8S/c1-9-29-27(6)41(49)46-36(29)21-34-25(4)31(15-17-40(48)54-8)38(44-34)22-37-30(14-16-39(47)53-7)24(3)33(43-37)20-35-26(5)32(42(50)45-35)18-19-55(51,52)28-12-10-23(2)11-13-28/h9-13,20-22,43H,1,14-19H2,2-8H3,(H,45,50)(H,46,49)/b35-20-,36-21-,38-22-. The van der Waals surface area contributed by atoms with Gasteiger partial charge in [0.2, 0.25) is 0 Å². The third kappa shape index (κ3) is 8.78. The lowest BCUT2D eigenvalue weighted by Gasteiger charge is -2.07. The van der Waals surface area contributed by atoms with Gasteiger partial charge in [-0.05, 0) is 112 Å². The first-order valence-electron chi connectivity index (χ1n) is 17.8. The molecule has 3 aliphatic rings. The Hall–Kier alpha value is -5.82. The Kier molecular flexibility index (Phi) is 12.2. The number of rotatable bonds is 14. The number of esters is 2. The van der Waals surface area contributed by atoms with Crippen LogP contribution in [0.4, 0.5) is 0 Å². The minimum Gasteiger partial charge on any atom is -0.469 e. The van der Waals surface area contributed by atoms with E-state index in [4.69, 9.17) is 14.5 Å². The molecule has 0 saturated heterocycles. The number of benzene rings is 1. The van der Waals surface area contributed by atoms with Crippen LogP contribution in [0.2, 0.25) is 0 Å². The van der Waals surface area contributed by atoms with Gasteiger partial charge in [-0.1, -0.05) is 30.4 Å². The molecule has 0 aliphatic carbocycles. The van der Waals surface area contributed by atoms with Crippen LogP contribution in [0, 0.1) is 13.8 Å². The number of H-pyrrole nitrogens is 1. The Labute approximate surface area is 321 Å². The fourth-order valence-electron chi connectivity index (χ4n) is 6.70. The molecule has 2 amide bonds. The van der Waals surface area contributed by atoms with Crippen LogP contribution in [-0.2, 0) is 44.9 Å². The summed E-state index contributed by atoms with van der Waals surface area (Å²) in [5.41, 5.74) is 10.1. The third-order valence-electron chi connectivity index (χ3n) is 10.2. The van der Waals surface area contributed by atoms with Crippen molar-refractivity contribution >= 4 is 51.5 Å². The van der Waals surface area contributed by atoms with E-state index in [9.17, 15) is 27.6 Å². The maximum absolute atomic E-state index is 13.1. The summed E-state index contributed by atoms with van der Waals surface area (Å²) in [7, 11) is -0.950. The zero-order valence-corrected chi connectivity index (χ0v) is 33.0. The Morgan fingerprint density at radius 2 is 1.40 bits per heavy atom. The summed E-state index contributed by atoms with van der Waals surface area (Å²) in [4.78, 5) is 58.7. The number of nitrogens with one attached hydrogen (secondary N) is 3. The first-order valence-corrected chi connectivity index (χ1v) is 19.5. The number of aryl methyl sites for hydroxylation is 1. The van der Waals surface area contributed by atoms with Gasteiger partial charge in [0.05, 0.1) is 42.0 Å². The molecule has 1 aromatic carbocycles. The topological polar surface area (TPSA) is 173 Å². The minimum absolute atomic E-state index is 0.0422. The smallest absolute Gasteiger partial charge is 0.305 e. The molecular formula is C42H46N4O8S. The number of sulfone groups is 1. The molecular weight excluding hydrogens is 721 g/mol. The number of amides is 2. The van der Waals surface area contributed by atoms with Crippen LogP contribution in [0.25, 0.3) is 12.2 Å². The maximum atomic E-state index is 13.1. The highest BCUT2D eigenvalue weighted by molar-refractivity contribution is 7.91. The van der Waals surface area contributed by atoms with Crippen molar-refractivity contribution in [1.29, 1.82) is 0 Å². The van der Waals surface area contributed by atoms with E-state index in [2.05, 4.69) is 22.2 Å². The van der Waals surface area contributed by atoms with Crippen LogP contribution in [-0.4, -0.2) is 62.8 Å². The second kappa shape index (κ2) is 16.7. The van der Waals surface area contributed by atoms with Gasteiger partial charge >= 0.3 is 11.9 Å². The van der Waals surface area contributed by atoms with Gasteiger partial charge in [0, 0.05) is 46.6 Å². The van der Waals surface area contributed by atoms with Crippen LogP contribution in [0.5, 0.6) is 0 Å². The summed E-state index contributed by atoms with van der Waals surface area (Å²) in [5.74, 6) is -1.55. The molecule has 55 heavy (non-hydrogen) atoms. The molecule has 1 aromatic heterocycles. The SMILES string of the molecule is C=CC1=C(C)C(=O)N/C1=C\C1=NC(=C\c2[nH]c(/C=C3\NC(=O)C(CCS(=O)(=O)c4ccc(C)cc4)=C3C)c(C)c2CCC(=O)OC)/C(CCC(=O)OC)=C1C. The molecule has 4 heterocycles. The van der Waals surface area contributed by atoms with E-state index in [0.29, 0.717) is 69.3 Å². The summed E-state index contributed by atoms with van der Waals surface area (Å²) in [6.45, 7) is 13.1. The minimum atomic E-state index is -3.62. The molecule has 5 rings (SSSR count). The largest absolute Gasteiger partial charge is 0.469 e. The van der Waals surface area contributed by atoms with Crippen molar-refractivity contribution in [1.82, 2.24) is 15.6 Å². The van der Waals surface area contributed by atoms with Gasteiger partial charge in [0.25, 0.3) is 11.8 Å². The third-order valence-corrected chi connectivity index (χ3v) is 11.9. The first kappa shape index (κ1) is 40.4. The van der Waals surface area contributed by atoms with Crippen molar-refractivity contribution in [2.75, 3.05) is 20.0 Å². The normalized spacial score (nSPS) is 18.2. The van der Waals surface area contributed by atoms with E-state index < -0.39 is 9.84 Å². The van der Waals surface area contributed by atoms with Gasteiger partial charge < -0.3 is 25.1 Å².